The summed E-state index contributed by atoms with van der Waals surface area (Å²) in [7, 11) is 0. The highest BCUT2D eigenvalue weighted by Gasteiger charge is 2.42. The summed E-state index contributed by atoms with van der Waals surface area (Å²) in [6, 6.07) is 2.25. The van der Waals surface area contributed by atoms with Crippen molar-refractivity contribution < 1.29 is 35.9 Å². The Morgan fingerprint density at radius 1 is 1.11 bits per heavy atom. The van der Waals surface area contributed by atoms with Crippen LogP contribution in [0.2, 0.25) is 0 Å². The molecule has 0 bridgehead atoms. The summed E-state index contributed by atoms with van der Waals surface area (Å²) in [5.41, 5.74) is -1.21. The smallest absolute Gasteiger partial charge is 0.405 e. The molecule has 0 radical (unpaired) electrons. The maximum absolute atomic E-state index is 12.2. The number of hydrogen-bond donors (Lipinski definition) is 0. The van der Waals surface area contributed by atoms with E-state index in [1.165, 1.54) is 0 Å². The van der Waals surface area contributed by atoms with Crippen LogP contribution in [0.5, 0.6) is 5.75 Å². The molecule has 0 amide bonds. The number of ketones is 1. The van der Waals surface area contributed by atoms with Crippen molar-refractivity contribution in [3.63, 3.8) is 0 Å². The Bertz CT molecular complexity index is 465. The second-order valence-electron chi connectivity index (χ2n) is 3.02. The molecule has 18 heavy (non-hydrogen) atoms. The number of hydrogen-bond acceptors (Lipinski definition) is 2. The molecule has 0 saturated heterocycles. The molecule has 0 aromatic heterocycles. The second kappa shape index (κ2) is 4.79. The first-order valence-electron chi connectivity index (χ1n) is 4.17. The molecule has 1 aromatic rings. The Labute approximate surface area is 105 Å². The number of Topliss-reactive ketones (excluding diaryl/α,β-unsaturated/α-hetero) is 1. The van der Waals surface area contributed by atoms with Gasteiger partial charge in [-0.1, -0.05) is 15.9 Å². The van der Waals surface area contributed by atoms with Crippen molar-refractivity contribution >= 4 is 21.7 Å². The van der Waals surface area contributed by atoms with Gasteiger partial charge in [0.05, 0.1) is 5.56 Å². The molecular weight excluding hydrogens is 334 g/mol. The van der Waals surface area contributed by atoms with E-state index in [1.807, 2.05) is 0 Å². The van der Waals surface area contributed by atoms with Crippen molar-refractivity contribution in [2.45, 2.75) is 12.5 Å². The fourth-order valence-electron chi connectivity index (χ4n) is 1.05. The molecule has 9 heteroatoms. The zero-order valence-corrected chi connectivity index (χ0v) is 9.78. The largest absolute Gasteiger partial charge is 0.573 e. The van der Waals surface area contributed by atoms with Crippen LogP contribution in [0.25, 0.3) is 0 Å². The fraction of sp³-hybridized carbons (Fsp3) is 0.222. The molecule has 0 unspecified atom stereocenters. The Morgan fingerprint density at radius 2 is 1.67 bits per heavy atom. The molecule has 0 spiro atoms. The Kier molecular flexibility index (Phi) is 3.94. The Morgan fingerprint density at radius 3 is 2.11 bits per heavy atom. The number of halogens is 7. The molecule has 0 N–H and O–H groups in total. The third-order valence-electron chi connectivity index (χ3n) is 1.67. The molecule has 1 rings (SSSR count). The molecular formula is C9H3BrF6O2. The van der Waals surface area contributed by atoms with Crippen molar-refractivity contribution in [1.82, 2.24) is 0 Å². The van der Waals surface area contributed by atoms with Gasteiger partial charge in [-0.25, -0.2) is 0 Å². The van der Waals surface area contributed by atoms with Crippen LogP contribution in [0.3, 0.4) is 0 Å². The van der Waals surface area contributed by atoms with E-state index >= 15 is 0 Å². The van der Waals surface area contributed by atoms with Crippen LogP contribution < -0.4 is 4.74 Å². The Hall–Kier alpha value is -1.25. The minimum atomic E-state index is -5.29. The monoisotopic (exact) mass is 336 g/mol. The van der Waals surface area contributed by atoms with E-state index in [1.54, 1.807) is 0 Å². The van der Waals surface area contributed by atoms with Crippen LogP contribution in [0.15, 0.2) is 22.7 Å². The molecule has 0 aliphatic rings. The summed E-state index contributed by atoms with van der Waals surface area (Å²) in [6.07, 6.45) is -10.5. The number of carbonyl (C=O) groups excluding carboxylic acids is 1. The standard InChI is InChI=1S/C9H3BrF6O2/c10-4-1-2-6(18-9(14,15)16)5(3-4)7(17)8(11,12)13/h1-3H. The van der Waals surface area contributed by atoms with Gasteiger partial charge in [0, 0.05) is 4.47 Å². The summed E-state index contributed by atoms with van der Waals surface area (Å²) >= 11 is 2.75. The molecule has 100 valence electrons. The van der Waals surface area contributed by atoms with Crippen molar-refractivity contribution in [2.24, 2.45) is 0 Å². The molecule has 0 aliphatic heterocycles. The van der Waals surface area contributed by atoms with Crippen LogP contribution in [0.1, 0.15) is 10.4 Å². The first kappa shape index (κ1) is 14.8. The first-order chi connectivity index (χ1) is 8.00. The van der Waals surface area contributed by atoms with E-state index in [9.17, 15) is 31.1 Å². The van der Waals surface area contributed by atoms with E-state index in [4.69, 9.17) is 0 Å². The highest BCUT2D eigenvalue weighted by Crippen LogP contribution is 2.33. The normalized spacial score (nSPS) is 12.4. The summed E-state index contributed by atoms with van der Waals surface area (Å²) < 4.78 is 75.8. The summed E-state index contributed by atoms with van der Waals surface area (Å²) in [6.45, 7) is 0. The van der Waals surface area contributed by atoms with Gasteiger partial charge in [-0.15, -0.1) is 13.2 Å². The van der Waals surface area contributed by atoms with Gasteiger partial charge in [-0.2, -0.15) is 13.2 Å². The molecule has 0 saturated carbocycles. The average molecular weight is 337 g/mol. The van der Waals surface area contributed by atoms with Gasteiger partial charge in [-0.05, 0) is 18.2 Å². The van der Waals surface area contributed by atoms with E-state index in [0.717, 1.165) is 6.07 Å². The van der Waals surface area contributed by atoms with Gasteiger partial charge in [0.1, 0.15) is 5.75 Å². The minimum Gasteiger partial charge on any atom is -0.405 e. The van der Waals surface area contributed by atoms with Crippen molar-refractivity contribution in [2.75, 3.05) is 0 Å². The van der Waals surface area contributed by atoms with Crippen molar-refractivity contribution in [3.8, 4) is 5.75 Å². The third-order valence-corrected chi connectivity index (χ3v) is 2.16. The van der Waals surface area contributed by atoms with Gasteiger partial charge in [0.15, 0.2) is 0 Å². The fourth-order valence-corrected chi connectivity index (χ4v) is 1.41. The predicted octanol–water partition coefficient (Wildman–Crippen LogP) is 4.09. The lowest BCUT2D eigenvalue weighted by atomic mass is 10.1. The lowest BCUT2D eigenvalue weighted by Gasteiger charge is -2.13. The average Bonchev–Trinajstić information content (AvgIpc) is 2.16. The summed E-state index contributed by atoms with van der Waals surface area (Å²) in [5.74, 6) is -3.61. The number of ether oxygens (including phenoxy) is 1. The molecule has 0 aliphatic carbocycles. The van der Waals surface area contributed by atoms with Gasteiger partial charge in [0.2, 0.25) is 0 Å². The molecule has 1 aromatic carbocycles. The molecule has 0 heterocycles. The number of benzene rings is 1. The van der Waals surface area contributed by atoms with E-state index in [0.29, 0.717) is 12.1 Å². The van der Waals surface area contributed by atoms with Crippen molar-refractivity contribution in [1.29, 1.82) is 0 Å². The first-order valence-corrected chi connectivity index (χ1v) is 4.97. The third kappa shape index (κ3) is 3.90. The zero-order valence-electron chi connectivity index (χ0n) is 8.19. The zero-order chi connectivity index (χ0) is 14.1. The van der Waals surface area contributed by atoms with Crippen LogP contribution in [0, 0.1) is 0 Å². The van der Waals surface area contributed by atoms with Crippen molar-refractivity contribution in [3.05, 3.63) is 28.2 Å². The number of alkyl halides is 6. The minimum absolute atomic E-state index is 0.0182. The van der Waals surface area contributed by atoms with E-state index in [2.05, 4.69) is 20.7 Å². The second-order valence-corrected chi connectivity index (χ2v) is 3.93. The highest BCUT2D eigenvalue weighted by molar-refractivity contribution is 9.10. The maximum atomic E-state index is 12.2. The quantitative estimate of drug-likeness (QED) is 0.600. The van der Waals surface area contributed by atoms with Gasteiger partial charge < -0.3 is 4.74 Å². The SMILES string of the molecule is O=C(c1cc(Br)ccc1OC(F)(F)F)C(F)(F)F. The van der Waals surface area contributed by atoms with Gasteiger partial charge in [-0.3, -0.25) is 4.79 Å². The number of carbonyl (C=O) groups is 1. The van der Waals surface area contributed by atoms with Crippen LogP contribution in [-0.4, -0.2) is 18.3 Å². The van der Waals surface area contributed by atoms with Crippen LogP contribution in [-0.2, 0) is 0 Å². The lowest BCUT2D eigenvalue weighted by molar-refractivity contribution is -0.274. The van der Waals surface area contributed by atoms with Crippen LogP contribution in [0.4, 0.5) is 26.3 Å². The molecule has 0 fully saturated rings. The highest BCUT2D eigenvalue weighted by atomic mass is 79.9. The predicted molar refractivity (Wildman–Crippen MR) is 51.2 cm³/mol. The maximum Gasteiger partial charge on any atom is 0.573 e. The topological polar surface area (TPSA) is 26.3 Å². The van der Waals surface area contributed by atoms with Crippen LogP contribution >= 0.6 is 15.9 Å². The molecule has 2 nitrogen and oxygen atoms in total. The molecule has 0 atom stereocenters. The summed E-state index contributed by atoms with van der Waals surface area (Å²) in [5, 5.41) is 0. The van der Waals surface area contributed by atoms with Gasteiger partial charge >= 0.3 is 12.5 Å². The van der Waals surface area contributed by atoms with Gasteiger partial charge in [0.25, 0.3) is 5.78 Å². The summed E-state index contributed by atoms with van der Waals surface area (Å²) in [4.78, 5) is 10.9. The van der Waals surface area contributed by atoms with E-state index < -0.39 is 29.6 Å². The lowest BCUT2D eigenvalue weighted by Crippen LogP contribution is -2.25. The van der Waals surface area contributed by atoms with E-state index in [-0.39, 0.29) is 4.47 Å². The number of rotatable bonds is 2. The Balaban J connectivity index is 3.24.